The van der Waals surface area contributed by atoms with Crippen molar-refractivity contribution in [2.24, 2.45) is 0 Å². The molecule has 0 radical (unpaired) electrons. The topological polar surface area (TPSA) is 95.1 Å². The molecule has 8 nitrogen and oxygen atoms in total. The van der Waals surface area contributed by atoms with Crippen LogP contribution in [0.4, 0.5) is 5.69 Å². The number of nitrogens with one attached hydrogen (secondary N) is 2. The van der Waals surface area contributed by atoms with Gasteiger partial charge < -0.3 is 29.6 Å². The van der Waals surface area contributed by atoms with Crippen LogP contribution in [-0.2, 0) is 4.79 Å². The van der Waals surface area contributed by atoms with Crippen LogP contribution < -0.4 is 29.6 Å². The lowest BCUT2D eigenvalue weighted by Crippen LogP contribution is -2.48. The van der Waals surface area contributed by atoms with E-state index in [9.17, 15) is 9.59 Å². The number of amides is 2. The fourth-order valence-electron chi connectivity index (χ4n) is 3.74. The summed E-state index contributed by atoms with van der Waals surface area (Å²) in [6.07, 6.45) is -1.07. The van der Waals surface area contributed by atoms with Gasteiger partial charge >= 0.3 is 0 Å². The van der Waals surface area contributed by atoms with Gasteiger partial charge in [0.1, 0.15) is 13.2 Å². The van der Waals surface area contributed by atoms with Gasteiger partial charge in [0.15, 0.2) is 29.1 Å². The van der Waals surface area contributed by atoms with E-state index in [1.165, 1.54) is 0 Å². The third kappa shape index (κ3) is 4.61. The molecule has 0 fully saturated rings. The molecule has 0 saturated carbocycles. The largest absolute Gasteiger partial charge is 0.486 e. The summed E-state index contributed by atoms with van der Waals surface area (Å²) in [6, 6.07) is 21.0. The highest BCUT2D eigenvalue weighted by molar-refractivity contribution is 5.97. The number of ether oxygens (including phenoxy) is 4. The zero-order valence-electron chi connectivity index (χ0n) is 18.5. The quantitative estimate of drug-likeness (QED) is 0.606. The summed E-state index contributed by atoms with van der Waals surface area (Å²) < 4.78 is 23.0. The zero-order valence-corrected chi connectivity index (χ0v) is 18.5. The van der Waals surface area contributed by atoms with E-state index in [1.54, 1.807) is 36.4 Å². The summed E-state index contributed by atoms with van der Waals surface area (Å²) >= 11 is 0. The molecule has 8 heteroatoms. The van der Waals surface area contributed by atoms with E-state index in [1.807, 2.05) is 43.3 Å². The summed E-state index contributed by atoms with van der Waals surface area (Å²) in [5.41, 5.74) is 1.02. The van der Waals surface area contributed by atoms with E-state index in [0.717, 1.165) is 0 Å². The molecule has 0 saturated heterocycles. The Kier molecular flexibility index (Phi) is 5.95. The van der Waals surface area contributed by atoms with Crippen LogP contribution in [-0.4, -0.2) is 43.3 Å². The molecule has 2 aliphatic rings. The molecule has 0 aliphatic carbocycles. The molecule has 0 bridgehead atoms. The van der Waals surface area contributed by atoms with Crippen molar-refractivity contribution in [2.75, 3.05) is 18.5 Å². The van der Waals surface area contributed by atoms with Crippen LogP contribution in [0.2, 0.25) is 0 Å². The second kappa shape index (κ2) is 9.35. The number of hydrogen-bond donors (Lipinski definition) is 2. The summed E-state index contributed by atoms with van der Waals surface area (Å²) in [5, 5.41) is 5.75. The number of benzene rings is 3. The van der Waals surface area contributed by atoms with Gasteiger partial charge in [0.2, 0.25) is 6.10 Å². The van der Waals surface area contributed by atoms with Gasteiger partial charge in [-0.25, -0.2) is 0 Å². The molecule has 3 aromatic rings. The molecule has 34 heavy (non-hydrogen) atoms. The maximum atomic E-state index is 12.7. The van der Waals surface area contributed by atoms with Crippen LogP contribution in [0, 0.1) is 0 Å². The molecule has 0 aromatic heterocycles. The number of hydrogen-bond acceptors (Lipinski definition) is 6. The summed E-state index contributed by atoms with van der Waals surface area (Å²) in [4.78, 5) is 25.3. The number of fused-ring (bicyclic) bond motifs is 2. The Balaban J connectivity index is 1.15. The third-order valence-corrected chi connectivity index (χ3v) is 5.66. The minimum absolute atomic E-state index is 0.124. The second-order valence-corrected chi connectivity index (χ2v) is 8.11. The Bertz CT molecular complexity index is 1200. The van der Waals surface area contributed by atoms with Crippen molar-refractivity contribution in [1.29, 1.82) is 0 Å². The lowest BCUT2D eigenvalue weighted by Gasteiger charge is -2.30. The van der Waals surface area contributed by atoms with E-state index in [-0.39, 0.29) is 30.6 Å². The number of rotatable bonds is 5. The van der Waals surface area contributed by atoms with Crippen molar-refractivity contribution in [2.45, 2.75) is 25.2 Å². The highest BCUT2D eigenvalue weighted by Crippen LogP contribution is 2.32. The second-order valence-electron chi connectivity index (χ2n) is 8.11. The van der Waals surface area contributed by atoms with Gasteiger partial charge in [0.25, 0.3) is 11.8 Å². The fourth-order valence-corrected chi connectivity index (χ4v) is 3.74. The summed E-state index contributed by atoms with van der Waals surface area (Å²) in [7, 11) is 0. The van der Waals surface area contributed by atoms with Gasteiger partial charge in [0, 0.05) is 11.3 Å². The lowest BCUT2D eigenvalue weighted by atomic mass is 10.1. The van der Waals surface area contributed by atoms with Crippen LogP contribution in [0.15, 0.2) is 72.8 Å². The maximum Gasteiger partial charge on any atom is 0.269 e. The van der Waals surface area contributed by atoms with Crippen molar-refractivity contribution in [3.05, 3.63) is 78.4 Å². The molecular formula is C26H24N2O6. The SMILES string of the molecule is CC(NC(=O)c1ccc(NC(=O)C2COc3ccccc3O2)cc1)C1COc2ccccc2O1. The van der Waals surface area contributed by atoms with Crippen molar-refractivity contribution < 1.29 is 28.5 Å². The van der Waals surface area contributed by atoms with Gasteiger partial charge in [-0.1, -0.05) is 24.3 Å². The van der Waals surface area contributed by atoms with Crippen LogP contribution in [0.1, 0.15) is 17.3 Å². The van der Waals surface area contributed by atoms with Gasteiger partial charge in [0.05, 0.1) is 6.04 Å². The van der Waals surface area contributed by atoms with Crippen molar-refractivity contribution in [3.8, 4) is 23.0 Å². The minimum Gasteiger partial charge on any atom is -0.486 e. The maximum absolute atomic E-state index is 12.7. The number of para-hydroxylation sites is 4. The van der Waals surface area contributed by atoms with Crippen molar-refractivity contribution >= 4 is 17.5 Å². The van der Waals surface area contributed by atoms with Crippen LogP contribution in [0.25, 0.3) is 0 Å². The lowest BCUT2D eigenvalue weighted by molar-refractivity contribution is -0.125. The molecule has 2 aliphatic heterocycles. The predicted molar refractivity (Wildman–Crippen MR) is 125 cm³/mol. The highest BCUT2D eigenvalue weighted by Gasteiger charge is 2.28. The van der Waals surface area contributed by atoms with Gasteiger partial charge in [-0.05, 0) is 55.5 Å². The average Bonchev–Trinajstić information content (AvgIpc) is 2.88. The number of carbonyl (C=O) groups excluding carboxylic acids is 2. The van der Waals surface area contributed by atoms with E-state index in [4.69, 9.17) is 18.9 Å². The Morgan fingerprint density at radius 1 is 0.794 bits per heavy atom. The van der Waals surface area contributed by atoms with Crippen LogP contribution >= 0.6 is 0 Å². The summed E-state index contributed by atoms with van der Waals surface area (Å²) in [5.74, 6) is 1.94. The average molecular weight is 460 g/mol. The molecule has 3 atom stereocenters. The minimum atomic E-state index is -0.762. The molecule has 0 spiro atoms. The fraction of sp³-hybridized carbons (Fsp3) is 0.231. The third-order valence-electron chi connectivity index (χ3n) is 5.66. The Morgan fingerprint density at radius 2 is 1.38 bits per heavy atom. The molecule has 2 heterocycles. The van der Waals surface area contributed by atoms with Crippen molar-refractivity contribution in [1.82, 2.24) is 5.32 Å². The van der Waals surface area contributed by atoms with Gasteiger partial charge in [-0.3, -0.25) is 9.59 Å². The van der Waals surface area contributed by atoms with Gasteiger partial charge in [-0.15, -0.1) is 0 Å². The molecule has 3 unspecified atom stereocenters. The van der Waals surface area contributed by atoms with E-state index < -0.39 is 6.10 Å². The smallest absolute Gasteiger partial charge is 0.269 e. The number of carbonyl (C=O) groups is 2. The first-order valence-electron chi connectivity index (χ1n) is 11.1. The molecular weight excluding hydrogens is 436 g/mol. The normalized spacial score (nSPS) is 19.0. The Morgan fingerprint density at radius 3 is 2.06 bits per heavy atom. The molecule has 2 amide bonds. The van der Waals surface area contributed by atoms with Crippen molar-refractivity contribution in [3.63, 3.8) is 0 Å². The first-order valence-corrected chi connectivity index (χ1v) is 11.1. The first kappa shape index (κ1) is 21.6. The Labute approximate surface area is 196 Å². The number of anilines is 1. The van der Waals surface area contributed by atoms with Crippen LogP contribution in [0.5, 0.6) is 23.0 Å². The first-order chi connectivity index (χ1) is 16.6. The zero-order chi connectivity index (χ0) is 23.5. The molecule has 5 rings (SSSR count). The molecule has 174 valence electrons. The van der Waals surface area contributed by atoms with Crippen LogP contribution in [0.3, 0.4) is 0 Å². The van der Waals surface area contributed by atoms with E-state index in [0.29, 0.717) is 40.9 Å². The van der Waals surface area contributed by atoms with Gasteiger partial charge in [-0.2, -0.15) is 0 Å². The van der Waals surface area contributed by atoms with E-state index >= 15 is 0 Å². The highest BCUT2D eigenvalue weighted by atomic mass is 16.6. The summed E-state index contributed by atoms with van der Waals surface area (Å²) in [6.45, 7) is 2.35. The van der Waals surface area contributed by atoms with E-state index in [2.05, 4.69) is 10.6 Å². The standard InChI is InChI=1S/C26H24N2O6/c1-16(23-14-31-19-6-2-4-8-21(19)33-23)27-25(29)17-10-12-18(13-11-17)28-26(30)24-15-32-20-7-3-5-9-22(20)34-24/h2-13,16,23-24H,14-15H2,1H3,(H,27,29)(H,28,30). The molecule has 3 aromatic carbocycles. The monoisotopic (exact) mass is 460 g/mol. The predicted octanol–water partition coefficient (Wildman–Crippen LogP) is 3.42. The molecule has 2 N–H and O–H groups in total. The Hall–Kier alpha value is -4.20.